The second-order valence-electron chi connectivity index (χ2n) is 4.24. The lowest BCUT2D eigenvalue weighted by Crippen LogP contribution is -2.28. The number of hydrogen-bond donors (Lipinski definition) is 1. The van der Waals surface area contributed by atoms with Crippen LogP contribution in [0.15, 0.2) is 24.3 Å². The molecule has 3 nitrogen and oxygen atoms in total. The highest BCUT2D eigenvalue weighted by atomic mass is 16.2. The molecular weight excluding hydrogens is 212 g/mol. The van der Waals surface area contributed by atoms with Crippen molar-refractivity contribution in [2.24, 2.45) is 0 Å². The summed E-state index contributed by atoms with van der Waals surface area (Å²) in [4.78, 5) is 14.0. The molecule has 0 spiro atoms. The maximum Gasteiger partial charge on any atom is 0.253 e. The summed E-state index contributed by atoms with van der Waals surface area (Å²) in [7, 11) is 3.79. The van der Waals surface area contributed by atoms with Crippen LogP contribution in [0.3, 0.4) is 0 Å². The number of carbonyl (C=O) groups excluding carboxylic acids is 1. The van der Waals surface area contributed by atoms with Gasteiger partial charge in [0.15, 0.2) is 0 Å². The largest absolute Gasteiger partial charge is 0.342 e. The van der Waals surface area contributed by atoms with E-state index in [1.165, 1.54) is 0 Å². The summed E-state index contributed by atoms with van der Waals surface area (Å²) in [6.45, 7) is 3.78. The molecule has 3 heteroatoms. The maximum atomic E-state index is 12.2. The molecule has 94 valence electrons. The van der Waals surface area contributed by atoms with Crippen molar-refractivity contribution < 1.29 is 4.79 Å². The number of benzene rings is 1. The standard InChI is InChI=1S/C14H22N2O/c1-4-11-16(3)14(17)13-8-6-5-7-12(13)9-10-15-2/h5-8,15H,4,9-11H2,1-3H3. The van der Waals surface area contributed by atoms with Gasteiger partial charge in [-0.2, -0.15) is 0 Å². The molecule has 0 aliphatic rings. The molecule has 1 aromatic rings. The summed E-state index contributed by atoms with van der Waals surface area (Å²) in [5, 5.41) is 3.11. The first-order chi connectivity index (χ1) is 8.20. The molecule has 0 radical (unpaired) electrons. The Morgan fingerprint density at radius 2 is 2.06 bits per heavy atom. The number of likely N-dealkylation sites (N-methyl/N-ethyl adjacent to an activating group) is 1. The third-order valence-corrected chi connectivity index (χ3v) is 2.80. The van der Waals surface area contributed by atoms with Crippen LogP contribution in [0.25, 0.3) is 0 Å². The van der Waals surface area contributed by atoms with E-state index in [0.29, 0.717) is 0 Å². The van der Waals surface area contributed by atoms with Crippen LogP contribution in [0.2, 0.25) is 0 Å². The summed E-state index contributed by atoms with van der Waals surface area (Å²) in [5.41, 5.74) is 1.95. The first kappa shape index (κ1) is 13.7. The number of amides is 1. The Bertz CT molecular complexity index is 363. The van der Waals surface area contributed by atoms with Gasteiger partial charge >= 0.3 is 0 Å². The summed E-state index contributed by atoms with van der Waals surface area (Å²) >= 11 is 0. The Kier molecular flexibility index (Phi) is 5.70. The van der Waals surface area contributed by atoms with Crippen LogP contribution in [0, 0.1) is 0 Å². The SMILES string of the molecule is CCCN(C)C(=O)c1ccccc1CCNC. The molecular formula is C14H22N2O. The van der Waals surface area contributed by atoms with Crippen LogP contribution in [0.5, 0.6) is 0 Å². The monoisotopic (exact) mass is 234 g/mol. The topological polar surface area (TPSA) is 32.3 Å². The number of nitrogens with one attached hydrogen (secondary N) is 1. The van der Waals surface area contributed by atoms with Crippen molar-refractivity contribution in [1.82, 2.24) is 10.2 Å². The Labute approximate surface area is 104 Å². The first-order valence-electron chi connectivity index (χ1n) is 6.18. The van der Waals surface area contributed by atoms with Crippen molar-refractivity contribution in [2.75, 3.05) is 27.2 Å². The first-order valence-corrected chi connectivity index (χ1v) is 6.18. The molecule has 17 heavy (non-hydrogen) atoms. The van der Waals surface area contributed by atoms with Gasteiger partial charge < -0.3 is 10.2 Å². The number of rotatable bonds is 6. The van der Waals surface area contributed by atoms with Crippen LogP contribution in [-0.4, -0.2) is 38.0 Å². The fourth-order valence-corrected chi connectivity index (χ4v) is 1.85. The molecule has 0 saturated heterocycles. The summed E-state index contributed by atoms with van der Waals surface area (Å²) in [6.07, 6.45) is 1.87. The lowest BCUT2D eigenvalue weighted by molar-refractivity contribution is 0.0794. The minimum Gasteiger partial charge on any atom is -0.342 e. The van der Waals surface area contributed by atoms with Crippen molar-refractivity contribution >= 4 is 5.91 Å². The summed E-state index contributed by atoms with van der Waals surface area (Å²) in [5.74, 6) is 0.124. The zero-order chi connectivity index (χ0) is 12.7. The maximum absolute atomic E-state index is 12.2. The third-order valence-electron chi connectivity index (χ3n) is 2.80. The Morgan fingerprint density at radius 3 is 2.71 bits per heavy atom. The second kappa shape index (κ2) is 7.07. The molecule has 0 aliphatic carbocycles. The Balaban J connectivity index is 2.84. The summed E-state index contributed by atoms with van der Waals surface area (Å²) < 4.78 is 0. The number of carbonyl (C=O) groups is 1. The molecule has 1 N–H and O–H groups in total. The number of hydrogen-bond acceptors (Lipinski definition) is 2. The van der Waals surface area contributed by atoms with E-state index in [2.05, 4.69) is 12.2 Å². The Hall–Kier alpha value is -1.35. The molecule has 1 amide bonds. The molecule has 0 heterocycles. The molecule has 0 atom stereocenters. The fourth-order valence-electron chi connectivity index (χ4n) is 1.85. The van der Waals surface area contributed by atoms with Crippen molar-refractivity contribution in [1.29, 1.82) is 0 Å². The van der Waals surface area contributed by atoms with Crippen LogP contribution in [-0.2, 0) is 6.42 Å². The van der Waals surface area contributed by atoms with Gasteiger partial charge in [-0.1, -0.05) is 25.1 Å². The molecule has 0 aromatic heterocycles. The van der Waals surface area contributed by atoms with Gasteiger partial charge in [0.1, 0.15) is 0 Å². The molecule has 1 rings (SSSR count). The fraction of sp³-hybridized carbons (Fsp3) is 0.500. The Morgan fingerprint density at radius 1 is 1.35 bits per heavy atom. The van der Waals surface area contributed by atoms with Gasteiger partial charge in [-0.05, 0) is 38.1 Å². The average molecular weight is 234 g/mol. The van der Waals surface area contributed by atoms with Crippen LogP contribution < -0.4 is 5.32 Å². The van der Waals surface area contributed by atoms with E-state index in [-0.39, 0.29) is 5.91 Å². The van der Waals surface area contributed by atoms with Gasteiger partial charge in [-0.15, -0.1) is 0 Å². The van der Waals surface area contributed by atoms with E-state index >= 15 is 0 Å². The van der Waals surface area contributed by atoms with E-state index in [0.717, 1.165) is 37.1 Å². The molecule has 0 fully saturated rings. The van der Waals surface area contributed by atoms with Gasteiger partial charge in [0, 0.05) is 19.2 Å². The molecule has 0 saturated carbocycles. The van der Waals surface area contributed by atoms with Gasteiger partial charge in [0.2, 0.25) is 0 Å². The van der Waals surface area contributed by atoms with Crippen molar-refractivity contribution in [3.63, 3.8) is 0 Å². The predicted molar refractivity (Wildman–Crippen MR) is 71.3 cm³/mol. The lowest BCUT2D eigenvalue weighted by atomic mass is 10.0. The quantitative estimate of drug-likeness (QED) is 0.815. The van der Waals surface area contributed by atoms with E-state index in [1.54, 1.807) is 4.90 Å². The predicted octanol–water partition coefficient (Wildman–Crippen LogP) is 1.93. The molecule has 1 aromatic carbocycles. The van der Waals surface area contributed by atoms with Crippen molar-refractivity contribution in [3.05, 3.63) is 35.4 Å². The zero-order valence-corrected chi connectivity index (χ0v) is 11.0. The molecule has 0 bridgehead atoms. The van der Waals surface area contributed by atoms with E-state index in [9.17, 15) is 4.79 Å². The minimum absolute atomic E-state index is 0.124. The highest BCUT2D eigenvalue weighted by Crippen LogP contribution is 2.12. The second-order valence-corrected chi connectivity index (χ2v) is 4.24. The highest BCUT2D eigenvalue weighted by Gasteiger charge is 2.14. The van der Waals surface area contributed by atoms with E-state index in [1.807, 2.05) is 38.4 Å². The van der Waals surface area contributed by atoms with E-state index in [4.69, 9.17) is 0 Å². The summed E-state index contributed by atoms with van der Waals surface area (Å²) in [6, 6.07) is 7.86. The van der Waals surface area contributed by atoms with Crippen LogP contribution in [0.1, 0.15) is 29.3 Å². The van der Waals surface area contributed by atoms with Crippen LogP contribution in [0.4, 0.5) is 0 Å². The molecule has 0 unspecified atom stereocenters. The van der Waals surface area contributed by atoms with Gasteiger partial charge in [-0.3, -0.25) is 4.79 Å². The van der Waals surface area contributed by atoms with Crippen molar-refractivity contribution in [3.8, 4) is 0 Å². The van der Waals surface area contributed by atoms with Crippen molar-refractivity contribution in [2.45, 2.75) is 19.8 Å². The average Bonchev–Trinajstić information content (AvgIpc) is 2.36. The molecule has 0 aliphatic heterocycles. The lowest BCUT2D eigenvalue weighted by Gasteiger charge is -2.18. The van der Waals surface area contributed by atoms with Crippen LogP contribution >= 0.6 is 0 Å². The zero-order valence-electron chi connectivity index (χ0n) is 11.0. The van der Waals surface area contributed by atoms with Gasteiger partial charge in [0.05, 0.1) is 0 Å². The van der Waals surface area contributed by atoms with E-state index < -0.39 is 0 Å². The third kappa shape index (κ3) is 3.86. The van der Waals surface area contributed by atoms with Gasteiger partial charge in [0.25, 0.3) is 5.91 Å². The highest BCUT2D eigenvalue weighted by molar-refractivity contribution is 5.95. The van der Waals surface area contributed by atoms with Gasteiger partial charge in [-0.25, -0.2) is 0 Å². The smallest absolute Gasteiger partial charge is 0.253 e. The minimum atomic E-state index is 0.124. The number of nitrogens with zero attached hydrogens (tertiary/aromatic N) is 1. The normalized spacial score (nSPS) is 10.3.